The molecule has 2 atom stereocenters. The van der Waals surface area contributed by atoms with Gasteiger partial charge in [0.05, 0.1) is 23.9 Å². The Morgan fingerprint density at radius 1 is 1.10 bits per heavy atom. The van der Waals surface area contributed by atoms with Crippen molar-refractivity contribution in [3.63, 3.8) is 0 Å². The van der Waals surface area contributed by atoms with E-state index in [1.54, 1.807) is 16.8 Å². The predicted octanol–water partition coefficient (Wildman–Crippen LogP) is 6.12. The summed E-state index contributed by atoms with van der Waals surface area (Å²) >= 11 is 1.44. The van der Waals surface area contributed by atoms with Gasteiger partial charge in [0, 0.05) is 48.3 Å². The number of hydrogen-bond donors (Lipinski definition) is 2. The fourth-order valence-electron chi connectivity index (χ4n) is 6.43. The average molecular weight is 588 g/mol. The summed E-state index contributed by atoms with van der Waals surface area (Å²) in [4.78, 5) is 50.9. The molecule has 3 aliphatic rings. The number of carboxylic acids is 1. The van der Waals surface area contributed by atoms with Crippen LogP contribution < -0.4 is 10.2 Å². The number of pyridine rings is 1. The Morgan fingerprint density at radius 3 is 2.55 bits per heavy atom. The Hall–Kier alpha value is -3.79. The Labute approximate surface area is 250 Å². The highest BCUT2D eigenvalue weighted by atomic mass is 32.1. The molecule has 1 aromatic carbocycles. The minimum atomic E-state index is -0.922. The average Bonchev–Trinajstić information content (AvgIpc) is 3.46. The third-order valence-corrected chi connectivity index (χ3v) is 9.67. The number of carboxylic acid groups (broad SMARTS) is 1. The molecule has 2 aliphatic carbocycles. The molecular weight excluding hydrogens is 550 g/mol. The van der Waals surface area contributed by atoms with Crippen LogP contribution in [0.25, 0.3) is 22.4 Å². The largest absolute Gasteiger partial charge is 0.481 e. The number of hydrogen-bond acceptors (Lipinski definition) is 6. The van der Waals surface area contributed by atoms with Gasteiger partial charge in [0.1, 0.15) is 0 Å². The molecular formula is C32H37N5O4S. The molecule has 220 valence electrons. The van der Waals surface area contributed by atoms with Crippen molar-refractivity contribution >= 4 is 34.4 Å². The molecule has 3 heterocycles. The number of benzene rings is 1. The van der Waals surface area contributed by atoms with E-state index in [9.17, 15) is 19.5 Å². The van der Waals surface area contributed by atoms with Crippen LogP contribution in [0.4, 0.5) is 9.93 Å². The first-order valence-corrected chi connectivity index (χ1v) is 15.8. The molecule has 0 radical (unpaired) electrons. The van der Waals surface area contributed by atoms with Crippen LogP contribution >= 0.6 is 11.3 Å². The summed E-state index contributed by atoms with van der Waals surface area (Å²) < 4.78 is 0. The van der Waals surface area contributed by atoms with E-state index in [1.807, 2.05) is 48.0 Å². The molecule has 0 bridgehead atoms. The van der Waals surface area contributed by atoms with E-state index in [2.05, 4.69) is 5.32 Å². The van der Waals surface area contributed by atoms with Gasteiger partial charge in [0.15, 0.2) is 5.13 Å². The summed E-state index contributed by atoms with van der Waals surface area (Å²) in [5, 5.41) is 15.1. The van der Waals surface area contributed by atoms with Crippen LogP contribution in [0.2, 0.25) is 0 Å². The molecule has 10 heteroatoms. The first-order chi connectivity index (χ1) is 20.4. The van der Waals surface area contributed by atoms with E-state index < -0.39 is 11.9 Å². The number of rotatable bonds is 10. The Kier molecular flexibility index (Phi) is 8.24. The third-order valence-electron chi connectivity index (χ3n) is 8.83. The van der Waals surface area contributed by atoms with Gasteiger partial charge in [-0.25, -0.2) is 9.78 Å². The van der Waals surface area contributed by atoms with Crippen LogP contribution in [-0.2, 0) is 9.59 Å². The Balaban J connectivity index is 1.25. The summed E-state index contributed by atoms with van der Waals surface area (Å²) in [5.41, 5.74) is 4.51. The van der Waals surface area contributed by atoms with Crippen molar-refractivity contribution in [1.29, 1.82) is 0 Å². The van der Waals surface area contributed by atoms with Gasteiger partial charge in [0.2, 0.25) is 5.91 Å². The van der Waals surface area contributed by atoms with Crippen molar-refractivity contribution in [3.8, 4) is 22.4 Å². The summed E-state index contributed by atoms with van der Waals surface area (Å²) in [6, 6.07) is 12.0. The molecule has 9 nitrogen and oxygen atoms in total. The maximum Gasteiger partial charge on any atom is 0.317 e. The normalized spacial score (nSPS) is 19.9. The zero-order valence-electron chi connectivity index (χ0n) is 23.9. The molecule has 3 amide bonds. The van der Waals surface area contributed by atoms with Gasteiger partial charge in [-0.3, -0.25) is 19.5 Å². The van der Waals surface area contributed by atoms with Crippen molar-refractivity contribution in [2.24, 2.45) is 11.8 Å². The minimum absolute atomic E-state index is 0.0614. The van der Waals surface area contributed by atoms with Crippen LogP contribution in [0, 0.1) is 11.8 Å². The lowest BCUT2D eigenvalue weighted by Gasteiger charge is -2.32. The Bertz CT molecular complexity index is 1450. The number of amides is 3. The van der Waals surface area contributed by atoms with Crippen molar-refractivity contribution < 1.29 is 19.5 Å². The zero-order chi connectivity index (χ0) is 29.2. The molecule has 2 N–H and O–H groups in total. The first kappa shape index (κ1) is 28.3. The summed E-state index contributed by atoms with van der Waals surface area (Å²) in [6.45, 7) is 0.629. The number of thiazole rings is 1. The van der Waals surface area contributed by atoms with Crippen molar-refractivity contribution in [3.05, 3.63) is 53.7 Å². The van der Waals surface area contributed by atoms with Gasteiger partial charge in [0.25, 0.3) is 0 Å². The van der Waals surface area contributed by atoms with Gasteiger partial charge in [-0.15, -0.1) is 11.3 Å². The lowest BCUT2D eigenvalue weighted by molar-refractivity contribution is -0.141. The number of carbonyl (C=O) groups excluding carboxylic acids is 2. The van der Waals surface area contributed by atoms with Gasteiger partial charge in [-0.2, -0.15) is 0 Å². The number of aliphatic carboxylic acids is 1. The highest BCUT2D eigenvalue weighted by Crippen LogP contribution is 2.41. The van der Waals surface area contributed by atoms with Crippen LogP contribution in [0.1, 0.15) is 69.5 Å². The van der Waals surface area contributed by atoms with Gasteiger partial charge >= 0.3 is 12.0 Å². The fraction of sp³-hybridized carbons (Fsp3) is 0.469. The third kappa shape index (κ3) is 6.04. The number of aromatic nitrogens is 2. The van der Waals surface area contributed by atoms with Gasteiger partial charge in [-0.1, -0.05) is 56.0 Å². The molecule has 1 aliphatic heterocycles. The molecule has 3 fully saturated rings. The number of carbonyl (C=O) groups is 3. The van der Waals surface area contributed by atoms with Crippen molar-refractivity contribution in [2.75, 3.05) is 18.5 Å². The number of nitrogens with one attached hydrogen (secondary N) is 1. The predicted molar refractivity (Wildman–Crippen MR) is 162 cm³/mol. The second-order valence-corrected chi connectivity index (χ2v) is 12.6. The second-order valence-electron chi connectivity index (χ2n) is 11.8. The second kappa shape index (κ2) is 12.2. The highest BCUT2D eigenvalue weighted by molar-refractivity contribution is 7.14. The molecule has 0 spiro atoms. The zero-order valence-corrected chi connectivity index (χ0v) is 24.7. The lowest BCUT2D eigenvalue weighted by atomic mass is 9.90. The summed E-state index contributed by atoms with van der Waals surface area (Å²) in [6.07, 6.45) is 9.45. The number of anilines is 1. The minimum Gasteiger partial charge on any atom is -0.481 e. The van der Waals surface area contributed by atoms with Crippen molar-refractivity contribution in [2.45, 2.75) is 69.9 Å². The molecule has 3 aromatic rings. The van der Waals surface area contributed by atoms with E-state index in [1.165, 1.54) is 11.3 Å². The van der Waals surface area contributed by atoms with E-state index in [4.69, 9.17) is 9.97 Å². The van der Waals surface area contributed by atoms with Crippen molar-refractivity contribution in [1.82, 2.24) is 20.2 Å². The highest BCUT2D eigenvalue weighted by Gasteiger charge is 2.40. The van der Waals surface area contributed by atoms with Gasteiger partial charge < -0.3 is 15.3 Å². The first-order valence-electron chi connectivity index (χ1n) is 15.0. The van der Waals surface area contributed by atoms with Crippen LogP contribution in [0.3, 0.4) is 0 Å². The summed E-state index contributed by atoms with van der Waals surface area (Å²) in [5.74, 6) is -1.12. The van der Waals surface area contributed by atoms with E-state index in [-0.39, 0.29) is 30.4 Å². The van der Waals surface area contributed by atoms with Gasteiger partial charge in [-0.05, 0) is 43.2 Å². The number of nitrogens with zero attached hydrogens (tertiary/aromatic N) is 4. The molecule has 1 saturated heterocycles. The number of urea groups is 1. The van der Waals surface area contributed by atoms with E-state index >= 15 is 0 Å². The molecule has 2 saturated carbocycles. The SMILES string of the molecule is CN1C(=O)NCCC1c1ccc(-c2ccccc2-c2csc(N(C(=O)C(CC(=O)O)CC3CCCC3)C3CC3)n2)cn1. The monoisotopic (exact) mass is 587 g/mol. The van der Waals surface area contributed by atoms with Crippen LogP contribution in [0.5, 0.6) is 0 Å². The standard InChI is InChI=1S/C32H37N5O4S/c1-36-28(14-15-33-31(36)41)26-13-10-21(18-34-26)24-8-4-5-9-25(24)27-19-42-32(35-27)37(23-11-12-23)30(40)22(17-29(38)39)16-20-6-2-3-7-20/h4-5,8-10,13,18-20,22-23,28H,2-3,6-7,11-12,14-17H2,1H3,(H,33,41)(H,38,39). The fourth-order valence-corrected chi connectivity index (χ4v) is 7.33. The van der Waals surface area contributed by atoms with Crippen LogP contribution in [0.15, 0.2) is 48.0 Å². The smallest absolute Gasteiger partial charge is 0.317 e. The van der Waals surface area contributed by atoms with E-state index in [0.29, 0.717) is 24.0 Å². The molecule has 6 rings (SSSR count). The Morgan fingerprint density at radius 2 is 1.86 bits per heavy atom. The summed E-state index contributed by atoms with van der Waals surface area (Å²) in [7, 11) is 1.79. The van der Waals surface area contributed by atoms with E-state index in [0.717, 1.165) is 73.0 Å². The quantitative estimate of drug-likeness (QED) is 0.295. The maximum absolute atomic E-state index is 13.9. The molecule has 2 aromatic heterocycles. The topological polar surface area (TPSA) is 116 Å². The molecule has 2 unspecified atom stereocenters. The molecule has 42 heavy (non-hydrogen) atoms. The maximum atomic E-state index is 13.9. The lowest BCUT2D eigenvalue weighted by Crippen LogP contribution is -2.46. The van der Waals surface area contributed by atoms with Crippen LogP contribution in [-0.4, -0.2) is 57.5 Å².